The van der Waals surface area contributed by atoms with Gasteiger partial charge in [0.1, 0.15) is 11.5 Å². The minimum Gasteiger partial charge on any atom is -0.497 e. The number of carbonyl (C=O) groups is 1. The molecule has 1 amide bonds. The fourth-order valence-corrected chi connectivity index (χ4v) is 3.27. The van der Waals surface area contributed by atoms with Gasteiger partial charge in [-0.25, -0.2) is 0 Å². The lowest BCUT2D eigenvalue weighted by Gasteiger charge is -2.25. The van der Waals surface area contributed by atoms with Crippen LogP contribution in [0.1, 0.15) is 24.9 Å². The first kappa shape index (κ1) is 19.2. The van der Waals surface area contributed by atoms with Crippen LogP contribution in [0.5, 0.6) is 11.5 Å². The molecule has 2 aromatic carbocycles. The molecule has 0 radical (unpaired) electrons. The molecule has 0 fully saturated rings. The molecule has 1 unspecified atom stereocenters. The molecule has 0 bridgehead atoms. The topological polar surface area (TPSA) is 38.8 Å². The highest BCUT2D eigenvalue weighted by Crippen LogP contribution is 2.24. The van der Waals surface area contributed by atoms with Crippen LogP contribution in [-0.2, 0) is 4.79 Å². The standard InChI is InChI=1S/C20H25NO3S/c1-15(16-5-7-17(23-3)8-6-16)21(2)20(22)13-14-25-19-11-9-18(24-4)10-12-19/h5-12,15H,13-14H2,1-4H3. The Bertz CT molecular complexity index is 670. The van der Waals surface area contributed by atoms with Crippen molar-refractivity contribution in [2.45, 2.75) is 24.3 Å². The molecule has 0 aliphatic heterocycles. The van der Waals surface area contributed by atoms with Gasteiger partial charge in [-0.05, 0) is 48.9 Å². The molecule has 5 heteroatoms. The molecule has 0 N–H and O–H groups in total. The summed E-state index contributed by atoms with van der Waals surface area (Å²) in [6.07, 6.45) is 0.508. The van der Waals surface area contributed by atoms with Gasteiger partial charge in [-0.15, -0.1) is 11.8 Å². The number of amides is 1. The van der Waals surface area contributed by atoms with E-state index in [0.717, 1.165) is 27.7 Å². The Balaban J connectivity index is 1.83. The van der Waals surface area contributed by atoms with E-state index in [1.807, 2.05) is 62.5 Å². The number of thioether (sulfide) groups is 1. The minimum atomic E-state index is 0.0318. The SMILES string of the molecule is COc1ccc(SCCC(=O)N(C)C(C)c2ccc(OC)cc2)cc1. The molecule has 0 aromatic heterocycles. The van der Waals surface area contributed by atoms with Crippen molar-refractivity contribution in [2.24, 2.45) is 0 Å². The molecule has 0 aliphatic rings. The van der Waals surface area contributed by atoms with Crippen LogP contribution in [0.4, 0.5) is 0 Å². The monoisotopic (exact) mass is 359 g/mol. The minimum absolute atomic E-state index is 0.0318. The van der Waals surface area contributed by atoms with Gasteiger partial charge in [0.25, 0.3) is 0 Å². The summed E-state index contributed by atoms with van der Waals surface area (Å²) in [7, 11) is 5.16. The number of carbonyl (C=O) groups excluding carboxylic acids is 1. The van der Waals surface area contributed by atoms with Crippen molar-refractivity contribution in [1.82, 2.24) is 4.90 Å². The van der Waals surface area contributed by atoms with Crippen molar-refractivity contribution in [3.05, 3.63) is 54.1 Å². The number of rotatable bonds is 8. The predicted octanol–water partition coefficient (Wildman–Crippen LogP) is 4.41. The Labute approximate surface area is 154 Å². The number of ether oxygens (including phenoxy) is 2. The molecule has 1 atom stereocenters. The highest BCUT2D eigenvalue weighted by molar-refractivity contribution is 7.99. The molecule has 0 saturated carbocycles. The number of nitrogens with zero attached hydrogens (tertiary/aromatic N) is 1. The van der Waals surface area contributed by atoms with Crippen LogP contribution in [0.25, 0.3) is 0 Å². The summed E-state index contributed by atoms with van der Waals surface area (Å²) in [6.45, 7) is 2.04. The van der Waals surface area contributed by atoms with Gasteiger partial charge in [-0.1, -0.05) is 12.1 Å². The zero-order valence-corrected chi connectivity index (χ0v) is 16.0. The molecule has 0 spiro atoms. The maximum Gasteiger partial charge on any atom is 0.223 e. The van der Waals surface area contributed by atoms with E-state index in [9.17, 15) is 4.79 Å². The first-order valence-electron chi connectivity index (χ1n) is 8.21. The van der Waals surface area contributed by atoms with Gasteiger partial charge in [0.05, 0.1) is 20.3 Å². The summed E-state index contributed by atoms with van der Waals surface area (Å²) in [4.78, 5) is 15.4. The number of hydrogen-bond acceptors (Lipinski definition) is 4. The van der Waals surface area contributed by atoms with Crippen molar-refractivity contribution in [3.8, 4) is 11.5 Å². The third-order valence-corrected chi connectivity index (χ3v) is 5.23. The lowest BCUT2D eigenvalue weighted by molar-refractivity contribution is -0.131. The van der Waals surface area contributed by atoms with Crippen molar-refractivity contribution >= 4 is 17.7 Å². The maximum atomic E-state index is 12.4. The van der Waals surface area contributed by atoms with E-state index in [4.69, 9.17) is 9.47 Å². The van der Waals surface area contributed by atoms with Gasteiger partial charge in [0.2, 0.25) is 5.91 Å². The second kappa shape index (κ2) is 9.37. The van der Waals surface area contributed by atoms with Crippen LogP contribution < -0.4 is 9.47 Å². The average molecular weight is 359 g/mol. The number of hydrogen-bond donors (Lipinski definition) is 0. The number of benzene rings is 2. The van der Waals surface area contributed by atoms with Gasteiger partial charge in [-0.2, -0.15) is 0 Å². The van der Waals surface area contributed by atoms with Crippen molar-refractivity contribution in [1.29, 1.82) is 0 Å². The van der Waals surface area contributed by atoms with Crippen molar-refractivity contribution in [2.75, 3.05) is 27.0 Å². The van der Waals surface area contributed by atoms with Crippen LogP contribution in [-0.4, -0.2) is 37.8 Å². The van der Waals surface area contributed by atoms with Gasteiger partial charge in [0, 0.05) is 24.1 Å². The summed E-state index contributed by atoms with van der Waals surface area (Å²) >= 11 is 1.68. The number of methoxy groups -OCH3 is 2. The summed E-state index contributed by atoms with van der Waals surface area (Å²) in [5.41, 5.74) is 1.10. The van der Waals surface area contributed by atoms with Crippen LogP contribution in [0.2, 0.25) is 0 Å². The van der Waals surface area contributed by atoms with E-state index < -0.39 is 0 Å². The third kappa shape index (κ3) is 5.43. The van der Waals surface area contributed by atoms with E-state index in [-0.39, 0.29) is 11.9 Å². The Morgan fingerprint density at radius 2 is 1.52 bits per heavy atom. The molecule has 2 rings (SSSR count). The quantitative estimate of drug-likeness (QED) is 0.655. The Kier molecular flexibility index (Phi) is 7.19. The second-order valence-electron chi connectivity index (χ2n) is 5.73. The largest absolute Gasteiger partial charge is 0.497 e. The van der Waals surface area contributed by atoms with Crippen LogP contribution in [0, 0.1) is 0 Å². The predicted molar refractivity (Wildman–Crippen MR) is 103 cm³/mol. The molecule has 0 heterocycles. The van der Waals surface area contributed by atoms with Gasteiger partial charge in [0.15, 0.2) is 0 Å². The van der Waals surface area contributed by atoms with Gasteiger partial charge in [-0.3, -0.25) is 4.79 Å². The van der Waals surface area contributed by atoms with E-state index >= 15 is 0 Å². The smallest absolute Gasteiger partial charge is 0.223 e. The van der Waals surface area contributed by atoms with Crippen molar-refractivity contribution < 1.29 is 14.3 Å². The van der Waals surface area contributed by atoms with E-state index in [1.165, 1.54) is 0 Å². The zero-order valence-electron chi connectivity index (χ0n) is 15.2. The molecule has 2 aromatic rings. The average Bonchev–Trinajstić information content (AvgIpc) is 2.67. The fourth-order valence-electron chi connectivity index (χ4n) is 2.43. The van der Waals surface area contributed by atoms with Crippen LogP contribution in [0.15, 0.2) is 53.4 Å². The molecular formula is C20H25NO3S. The van der Waals surface area contributed by atoms with Gasteiger partial charge < -0.3 is 14.4 Å². The molecule has 25 heavy (non-hydrogen) atoms. The first-order valence-corrected chi connectivity index (χ1v) is 9.20. The van der Waals surface area contributed by atoms with Crippen LogP contribution >= 0.6 is 11.8 Å². The molecule has 0 saturated heterocycles. The fraction of sp³-hybridized carbons (Fsp3) is 0.350. The normalized spacial score (nSPS) is 11.7. The van der Waals surface area contributed by atoms with E-state index in [2.05, 4.69) is 0 Å². The lowest BCUT2D eigenvalue weighted by atomic mass is 10.1. The first-order chi connectivity index (χ1) is 12.0. The third-order valence-electron chi connectivity index (χ3n) is 4.22. The summed E-state index contributed by atoms with van der Waals surface area (Å²) in [6, 6.07) is 15.8. The van der Waals surface area contributed by atoms with Crippen LogP contribution in [0.3, 0.4) is 0 Å². The molecular weight excluding hydrogens is 334 g/mol. The van der Waals surface area contributed by atoms with E-state index in [1.54, 1.807) is 30.9 Å². The zero-order chi connectivity index (χ0) is 18.2. The molecule has 4 nitrogen and oxygen atoms in total. The van der Waals surface area contributed by atoms with E-state index in [0.29, 0.717) is 6.42 Å². The Morgan fingerprint density at radius 3 is 2.04 bits per heavy atom. The molecule has 134 valence electrons. The summed E-state index contributed by atoms with van der Waals surface area (Å²) in [5.74, 6) is 2.56. The lowest BCUT2D eigenvalue weighted by Crippen LogP contribution is -2.29. The maximum absolute atomic E-state index is 12.4. The highest BCUT2D eigenvalue weighted by atomic mass is 32.2. The molecule has 0 aliphatic carbocycles. The van der Waals surface area contributed by atoms with Crippen molar-refractivity contribution in [3.63, 3.8) is 0 Å². The Morgan fingerprint density at radius 1 is 1.00 bits per heavy atom. The summed E-state index contributed by atoms with van der Waals surface area (Å²) < 4.78 is 10.3. The van der Waals surface area contributed by atoms with Gasteiger partial charge >= 0.3 is 0 Å². The second-order valence-corrected chi connectivity index (χ2v) is 6.90. The summed E-state index contributed by atoms with van der Waals surface area (Å²) in [5, 5.41) is 0. The highest BCUT2D eigenvalue weighted by Gasteiger charge is 2.17. The Hall–Kier alpha value is -2.14.